The zero-order chi connectivity index (χ0) is 14.5. The van der Waals surface area contributed by atoms with Gasteiger partial charge in [0.25, 0.3) is 5.69 Å². The monoisotopic (exact) mass is 292 g/mol. The summed E-state index contributed by atoms with van der Waals surface area (Å²) in [4.78, 5) is 26.1. The van der Waals surface area contributed by atoms with Crippen LogP contribution in [-0.2, 0) is 11.3 Å². The van der Waals surface area contributed by atoms with Crippen LogP contribution < -0.4 is 5.32 Å². The van der Waals surface area contributed by atoms with Crippen LogP contribution in [0.2, 0.25) is 0 Å². The van der Waals surface area contributed by atoms with Crippen molar-refractivity contribution in [2.45, 2.75) is 11.7 Å². The first kappa shape index (κ1) is 14.1. The molecule has 0 spiro atoms. The van der Waals surface area contributed by atoms with Crippen LogP contribution in [0.25, 0.3) is 0 Å². The highest BCUT2D eigenvalue weighted by Crippen LogP contribution is 2.17. The van der Waals surface area contributed by atoms with Crippen molar-refractivity contribution >= 4 is 29.0 Å². The van der Waals surface area contributed by atoms with Gasteiger partial charge in [-0.15, -0.1) is 0 Å². The van der Waals surface area contributed by atoms with Crippen LogP contribution >= 0.6 is 11.8 Å². The number of benzene rings is 1. The zero-order valence-corrected chi connectivity index (χ0v) is 11.5. The summed E-state index contributed by atoms with van der Waals surface area (Å²) < 4.78 is 1.71. The largest absolute Gasteiger partial charge is 0.324 e. The Labute approximate surface area is 119 Å². The predicted octanol–water partition coefficient (Wildman–Crippen LogP) is 2.15. The molecule has 0 aliphatic rings. The Balaban J connectivity index is 2.05. The maximum absolute atomic E-state index is 11.9. The van der Waals surface area contributed by atoms with E-state index < -0.39 is 4.92 Å². The fraction of sp³-hybridized carbons (Fsp3) is 0.167. The highest BCUT2D eigenvalue weighted by Gasteiger charge is 2.10. The molecule has 8 heteroatoms. The van der Waals surface area contributed by atoms with Crippen molar-refractivity contribution in [1.29, 1.82) is 0 Å². The zero-order valence-electron chi connectivity index (χ0n) is 10.6. The number of rotatable bonds is 5. The summed E-state index contributed by atoms with van der Waals surface area (Å²) in [5.41, 5.74) is 0.338. The van der Waals surface area contributed by atoms with Crippen molar-refractivity contribution in [3.63, 3.8) is 0 Å². The van der Waals surface area contributed by atoms with Gasteiger partial charge in [0.2, 0.25) is 5.91 Å². The van der Waals surface area contributed by atoms with E-state index in [1.165, 1.54) is 30.0 Å². The van der Waals surface area contributed by atoms with E-state index in [1.54, 1.807) is 23.0 Å². The first-order valence-corrected chi connectivity index (χ1v) is 6.92. The van der Waals surface area contributed by atoms with E-state index in [0.717, 1.165) is 5.16 Å². The summed E-state index contributed by atoms with van der Waals surface area (Å²) in [5.74, 6) is -0.265. The second-order valence-electron chi connectivity index (χ2n) is 3.90. The third kappa shape index (κ3) is 3.35. The average Bonchev–Trinajstić information content (AvgIpc) is 2.86. The highest BCUT2D eigenvalue weighted by atomic mass is 32.2. The minimum atomic E-state index is -0.503. The summed E-state index contributed by atoms with van der Waals surface area (Å²) in [5, 5.41) is 14.0. The van der Waals surface area contributed by atoms with Crippen LogP contribution in [0.1, 0.15) is 0 Å². The topological polar surface area (TPSA) is 90.1 Å². The minimum absolute atomic E-state index is 0.0600. The number of thioether (sulfide) groups is 1. The van der Waals surface area contributed by atoms with E-state index in [1.807, 2.05) is 6.26 Å². The van der Waals surface area contributed by atoms with E-state index in [-0.39, 0.29) is 18.1 Å². The van der Waals surface area contributed by atoms with Crippen molar-refractivity contribution in [3.8, 4) is 0 Å². The van der Waals surface area contributed by atoms with Gasteiger partial charge >= 0.3 is 0 Å². The number of nitro benzene ring substituents is 1. The summed E-state index contributed by atoms with van der Waals surface area (Å²) in [6.45, 7) is 0.110. The van der Waals surface area contributed by atoms with Crippen molar-refractivity contribution in [3.05, 3.63) is 46.8 Å². The molecule has 0 saturated carbocycles. The molecule has 20 heavy (non-hydrogen) atoms. The summed E-state index contributed by atoms with van der Waals surface area (Å²) in [7, 11) is 0. The van der Waals surface area contributed by atoms with Gasteiger partial charge in [0, 0.05) is 30.2 Å². The number of aromatic nitrogens is 2. The van der Waals surface area contributed by atoms with Crippen LogP contribution in [0, 0.1) is 10.1 Å². The summed E-state index contributed by atoms with van der Waals surface area (Å²) in [6, 6.07) is 5.82. The molecule has 0 radical (unpaired) electrons. The number of nitrogens with one attached hydrogen (secondary N) is 1. The highest BCUT2D eigenvalue weighted by molar-refractivity contribution is 7.98. The molecule has 0 aliphatic heterocycles. The van der Waals surface area contributed by atoms with Gasteiger partial charge in [-0.25, -0.2) is 4.98 Å². The van der Waals surface area contributed by atoms with Gasteiger partial charge < -0.3 is 9.88 Å². The maximum Gasteiger partial charge on any atom is 0.271 e. The number of imidazole rings is 1. The van der Waals surface area contributed by atoms with Gasteiger partial charge in [-0.3, -0.25) is 14.9 Å². The van der Waals surface area contributed by atoms with Gasteiger partial charge in [0.1, 0.15) is 6.54 Å². The van der Waals surface area contributed by atoms with Crippen molar-refractivity contribution in [2.75, 3.05) is 11.6 Å². The molecule has 7 nitrogen and oxygen atoms in total. The number of anilines is 1. The number of non-ortho nitro benzene ring substituents is 1. The molecule has 0 bridgehead atoms. The van der Waals surface area contributed by atoms with Crippen LogP contribution in [0.4, 0.5) is 11.4 Å². The normalized spacial score (nSPS) is 10.2. The lowest BCUT2D eigenvalue weighted by molar-refractivity contribution is -0.384. The third-order valence-electron chi connectivity index (χ3n) is 2.51. The van der Waals surface area contributed by atoms with Crippen molar-refractivity contribution < 1.29 is 9.72 Å². The van der Waals surface area contributed by atoms with E-state index in [4.69, 9.17) is 0 Å². The van der Waals surface area contributed by atoms with Gasteiger partial charge in [-0.1, -0.05) is 17.8 Å². The molecular formula is C12H12N4O3S. The Morgan fingerprint density at radius 3 is 3.05 bits per heavy atom. The number of carbonyl (C=O) groups excluding carboxylic acids is 1. The quantitative estimate of drug-likeness (QED) is 0.518. The second kappa shape index (κ2) is 6.20. The van der Waals surface area contributed by atoms with Gasteiger partial charge in [-0.05, 0) is 12.3 Å². The molecule has 1 amide bonds. The first-order valence-electron chi connectivity index (χ1n) is 5.69. The van der Waals surface area contributed by atoms with Crippen LogP contribution in [0.5, 0.6) is 0 Å². The smallest absolute Gasteiger partial charge is 0.271 e. The number of amides is 1. The Morgan fingerprint density at radius 1 is 1.55 bits per heavy atom. The van der Waals surface area contributed by atoms with Crippen LogP contribution in [-0.4, -0.2) is 26.6 Å². The molecular weight excluding hydrogens is 280 g/mol. The molecule has 1 aromatic heterocycles. The van der Waals surface area contributed by atoms with Crippen LogP contribution in [0.15, 0.2) is 41.8 Å². The molecule has 0 unspecified atom stereocenters. The molecule has 0 saturated heterocycles. The second-order valence-corrected chi connectivity index (χ2v) is 4.67. The Bertz CT molecular complexity index is 641. The SMILES string of the molecule is CSc1nccn1CC(=O)Nc1cccc([N+](=O)[O-])c1. The number of hydrogen-bond acceptors (Lipinski definition) is 5. The molecule has 1 N–H and O–H groups in total. The molecule has 2 rings (SSSR count). The number of nitrogens with zero attached hydrogens (tertiary/aromatic N) is 3. The Morgan fingerprint density at radius 2 is 2.35 bits per heavy atom. The summed E-state index contributed by atoms with van der Waals surface area (Å²) in [6.07, 6.45) is 5.20. The number of nitro groups is 1. The predicted molar refractivity (Wildman–Crippen MR) is 75.7 cm³/mol. The first-order chi connectivity index (χ1) is 9.60. The van der Waals surface area contributed by atoms with Crippen LogP contribution in [0.3, 0.4) is 0 Å². The van der Waals surface area contributed by atoms with Gasteiger partial charge in [0.05, 0.1) is 4.92 Å². The fourth-order valence-electron chi connectivity index (χ4n) is 1.66. The molecule has 1 heterocycles. The number of carbonyl (C=O) groups is 1. The minimum Gasteiger partial charge on any atom is -0.324 e. The standard InChI is InChI=1S/C12H12N4O3S/c1-20-12-13-5-6-15(12)8-11(17)14-9-3-2-4-10(7-9)16(18)19/h2-7H,8H2,1H3,(H,14,17). The maximum atomic E-state index is 11.9. The fourth-order valence-corrected chi connectivity index (χ4v) is 2.18. The molecule has 0 fully saturated rings. The Kier molecular flexibility index (Phi) is 4.36. The van der Waals surface area contributed by atoms with E-state index >= 15 is 0 Å². The molecule has 104 valence electrons. The lowest BCUT2D eigenvalue weighted by atomic mass is 10.3. The van der Waals surface area contributed by atoms with Gasteiger partial charge in [0.15, 0.2) is 5.16 Å². The van der Waals surface area contributed by atoms with Crippen molar-refractivity contribution in [2.24, 2.45) is 0 Å². The van der Waals surface area contributed by atoms with E-state index in [2.05, 4.69) is 10.3 Å². The molecule has 0 aliphatic carbocycles. The average molecular weight is 292 g/mol. The van der Waals surface area contributed by atoms with Crippen molar-refractivity contribution in [1.82, 2.24) is 9.55 Å². The Hall–Kier alpha value is -2.35. The summed E-state index contributed by atoms with van der Waals surface area (Å²) >= 11 is 1.44. The van der Waals surface area contributed by atoms with Gasteiger partial charge in [-0.2, -0.15) is 0 Å². The van der Waals surface area contributed by atoms with E-state index in [0.29, 0.717) is 5.69 Å². The lowest BCUT2D eigenvalue weighted by Gasteiger charge is -2.07. The molecule has 2 aromatic rings. The molecule has 0 atom stereocenters. The lowest BCUT2D eigenvalue weighted by Crippen LogP contribution is -2.18. The number of hydrogen-bond donors (Lipinski definition) is 1. The third-order valence-corrected chi connectivity index (χ3v) is 3.22. The van der Waals surface area contributed by atoms with E-state index in [9.17, 15) is 14.9 Å². The molecule has 1 aromatic carbocycles.